The Bertz CT molecular complexity index is 1100. The van der Waals surface area contributed by atoms with Crippen LogP contribution >= 0.6 is 0 Å². The van der Waals surface area contributed by atoms with Crippen LogP contribution in [-0.4, -0.2) is 20.3 Å². The molecule has 1 aliphatic carbocycles. The fourth-order valence-electron chi connectivity index (χ4n) is 2.95. The van der Waals surface area contributed by atoms with Gasteiger partial charge < -0.3 is 0 Å². The van der Waals surface area contributed by atoms with E-state index in [9.17, 15) is 23.2 Å². The third kappa shape index (κ3) is 3.33. The summed E-state index contributed by atoms with van der Waals surface area (Å²) in [4.78, 5) is 16.4. The molecule has 3 rings (SSSR count). The quantitative estimate of drug-likeness (QED) is 0.832. The lowest BCUT2D eigenvalue weighted by Gasteiger charge is -2.06. The number of halogens is 3. The van der Waals surface area contributed by atoms with Crippen molar-refractivity contribution >= 4 is 17.7 Å². The number of allylic oxidation sites excluding steroid dienone is 2. The van der Waals surface area contributed by atoms with Crippen LogP contribution < -0.4 is 16.4 Å². The zero-order chi connectivity index (χ0) is 18.9. The summed E-state index contributed by atoms with van der Waals surface area (Å²) < 4.78 is 40.2. The maximum atomic E-state index is 12.6. The largest absolute Gasteiger partial charge is 0.390 e. The minimum Gasteiger partial charge on any atom is -0.295 e. The Kier molecular flexibility index (Phi) is 4.55. The fourth-order valence-corrected chi connectivity index (χ4v) is 2.95. The van der Waals surface area contributed by atoms with Gasteiger partial charge in [-0.2, -0.15) is 18.4 Å². The van der Waals surface area contributed by atoms with Crippen molar-refractivity contribution in [3.05, 3.63) is 56.8 Å². The normalized spacial score (nSPS) is 13.7. The van der Waals surface area contributed by atoms with Gasteiger partial charge in [-0.3, -0.25) is 14.1 Å². The molecule has 0 saturated carbocycles. The second kappa shape index (κ2) is 6.67. The van der Waals surface area contributed by atoms with E-state index in [-0.39, 0.29) is 0 Å². The monoisotopic (exact) mass is 360 g/mol. The summed E-state index contributed by atoms with van der Waals surface area (Å²) in [6, 6.07) is 3.69. The maximum Gasteiger partial charge on any atom is 0.390 e. The highest BCUT2D eigenvalue weighted by atomic mass is 19.4. The average Bonchev–Trinajstić information content (AvgIpc) is 2.76. The Labute approximate surface area is 146 Å². The van der Waals surface area contributed by atoms with E-state index >= 15 is 0 Å². The molecule has 0 aliphatic heterocycles. The molecule has 8 heteroatoms. The SMILES string of the molecule is Cn1c2c(n(CCC(F)(F)F)c1=O)=CCC=C(c1cnccc1C#N)C=2. The van der Waals surface area contributed by atoms with Crippen LogP contribution in [0.5, 0.6) is 0 Å². The van der Waals surface area contributed by atoms with Gasteiger partial charge in [0.1, 0.15) is 0 Å². The van der Waals surface area contributed by atoms with E-state index in [2.05, 4.69) is 11.1 Å². The molecule has 26 heavy (non-hydrogen) atoms. The standard InChI is InChI=1S/C18H15F3N4O/c1-24-16-9-12(14-11-23-7-5-13(14)10-22)3-2-4-15(16)25(17(24)26)8-6-18(19,20)21/h3-5,7,9,11H,2,6,8H2,1H3. The number of nitrogens with zero attached hydrogens (tertiary/aromatic N) is 4. The number of imidazole rings is 1. The van der Waals surface area contributed by atoms with Crippen LogP contribution in [0, 0.1) is 11.3 Å². The lowest BCUT2D eigenvalue weighted by Crippen LogP contribution is -2.33. The molecule has 0 unspecified atom stereocenters. The number of fused-ring (bicyclic) bond motifs is 1. The Morgan fingerprint density at radius 1 is 1.31 bits per heavy atom. The maximum absolute atomic E-state index is 12.6. The predicted octanol–water partition coefficient (Wildman–Crippen LogP) is 1.45. The van der Waals surface area contributed by atoms with E-state index in [1.807, 2.05) is 6.08 Å². The van der Waals surface area contributed by atoms with Gasteiger partial charge in [0.05, 0.1) is 28.8 Å². The first-order chi connectivity index (χ1) is 12.3. The number of alkyl halides is 3. The highest BCUT2D eigenvalue weighted by Gasteiger charge is 2.27. The number of nitriles is 1. The highest BCUT2D eigenvalue weighted by molar-refractivity contribution is 5.90. The van der Waals surface area contributed by atoms with E-state index in [0.717, 1.165) is 4.57 Å². The molecular formula is C18H15F3N4O. The first-order valence-electron chi connectivity index (χ1n) is 7.90. The molecule has 0 fully saturated rings. The number of pyridine rings is 1. The summed E-state index contributed by atoms with van der Waals surface area (Å²) in [5.74, 6) is 0. The second-order valence-corrected chi connectivity index (χ2v) is 5.91. The van der Waals surface area contributed by atoms with Gasteiger partial charge in [-0.15, -0.1) is 0 Å². The molecule has 0 bridgehead atoms. The van der Waals surface area contributed by atoms with Gasteiger partial charge in [0.2, 0.25) is 0 Å². The Hall–Kier alpha value is -3.08. The Morgan fingerprint density at radius 3 is 2.77 bits per heavy atom. The van der Waals surface area contributed by atoms with Crippen LogP contribution in [-0.2, 0) is 13.6 Å². The molecule has 0 saturated heterocycles. The van der Waals surface area contributed by atoms with Crippen molar-refractivity contribution < 1.29 is 13.2 Å². The highest BCUT2D eigenvalue weighted by Crippen LogP contribution is 2.21. The van der Waals surface area contributed by atoms with Crippen LogP contribution in [0.4, 0.5) is 13.2 Å². The van der Waals surface area contributed by atoms with Crippen molar-refractivity contribution in [3.8, 4) is 6.07 Å². The Balaban J connectivity index is 2.14. The second-order valence-electron chi connectivity index (χ2n) is 5.91. The lowest BCUT2D eigenvalue weighted by atomic mass is 10.0. The lowest BCUT2D eigenvalue weighted by molar-refractivity contribution is -0.136. The zero-order valence-electron chi connectivity index (χ0n) is 13.9. The zero-order valence-corrected chi connectivity index (χ0v) is 13.9. The van der Waals surface area contributed by atoms with Gasteiger partial charge in [0.25, 0.3) is 0 Å². The molecule has 1 aliphatic rings. The van der Waals surface area contributed by atoms with Crippen molar-refractivity contribution in [1.29, 1.82) is 5.26 Å². The van der Waals surface area contributed by atoms with Gasteiger partial charge in [0, 0.05) is 31.5 Å². The molecule has 0 aromatic carbocycles. The number of hydrogen-bond donors (Lipinski definition) is 0. The topological polar surface area (TPSA) is 63.6 Å². The summed E-state index contributed by atoms with van der Waals surface area (Å²) in [7, 11) is 1.52. The molecular weight excluding hydrogens is 345 g/mol. The molecule has 0 radical (unpaired) electrons. The van der Waals surface area contributed by atoms with Crippen molar-refractivity contribution in [3.63, 3.8) is 0 Å². The number of rotatable bonds is 3. The summed E-state index contributed by atoms with van der Waals surface area (Å²) in [5, 5.41) is 10.2. The molecule has 0 spiro atoms. The van der Waals surface area contributed by atoms with Crippen LogP contribution in [0.2, 0.25) is 0 Å². The fraction of sp³-hybridized carbons (Fsp3) is 0.278. The molecule has 0 N–H and O–H groups in total. The van der Waals surface area contributed by atoms with Gasteiger partial charge in [-0.25, -0.2) is 4.79 Å². The van der Waals surface area contributed by atoms with Crippen LogP contribution in [0.25, 0.3) is 17.7 Å². The van der Waals surface area contributed by atoms with Crippen molar-refractivity contribution in [2.45, 2.75) is 25.6 Å². The Morgan fingerprint density at radius 2 is 2.08 bits per heavy atom. The minimum atomic E-state index is -4.34. The molecule has 134 valence electrons. The van der Waals surface area contributed by atoms with E-state index in [4.69, 9.17) is 0 Å². The summed E-state index contributed by atoms with van der Waals surface area (Å²) in [6.45, 7) is -0.429. The first kappa shape index (κ1) is 17.7. The van der Waals surface area contributed by atoms with Gasteiger partial charge in [-0.05, 0) is 24.1 Å². The van der Waals surface area contributed by atoms with Gasteiger partial charge >= 0.3 is 11.9 Å². The van der Waals surface area contributed by atoms with Crippen LogP contribution in [0.3, 0.4) is 0 Å². The minimum absolute atomic E-state index is 0.425. The van der Waals surface area contributed by atoms with E-state index < -0.39 is 24.8 Å². The molecule has 5 nitrogen and oxygen atoms in total. The van der Waals surface area contributed by atoms with E-state index in [1.165, 1.54) is 17.8 Å². The first-order valence-corrected chi connectivity index (χ1v) is 7.90. The van der Waals surface area contributed by atoms with Gasteiger partial charge in [-0.1, -0.05) is 12.2 Å². The summed E-state index contributed by atoms with van der Waals surface area (Å²) >= 11 is 0. The van der Waals surface area contributed by atoms with E-state index in [1.54, 1.807) is 24.4 Å². The summed E-state index contributed by atoms with van der Waals surface area (Å²) in [6.07, 6.45) is 3.38. The molecule has 0 amide bonds. The predicted molar refractivity (Wildman–Crippen MR) is 90.1 cm³/mol. The smallest absolute Gasteiger partial charge is 0.295 e. The van der Waals surface area contributed by atoms with Crippen LogP contribution in [0.1, 0.15) is 24.0 Å². The molecule has 2 aromatic heterocycles. The van der Waals surface area contributed by atoms with Crippen LogP contribution in [0.15, 0.2) is 29.3 Å². The molecule has 0 atom stereocenters. The molecule has 2 heterocycles. The third-order valence-corrected chi connectivity index (χ3v) is 4.25. The number of aromatic nitrogens is 3. The van der Waals surface area contributed by atoms with Gasteiger partial charge in [0.15, 0.2) is 0 Å². The van der Waals surface area contributed by atoms with Crippen molar-refractivity contribution in [1.82, 2.24) is 14.1 Å². The number of hydrogen-bond acceptors (Lipinski definition) is 3. The molecule has 2 aromatic rings. The van der Waals surface area contributed by atoms with E-state index in [0.29, 0.717) is 33.8 Å². The van der Waals surface area contributed by atoms with Crippen molar-refractivity contribution in [2.75, 3.05) is 0 Å². The summed E-state index contributed by atoms with van der Waals surface area (Å²) in [5.41, 5.74) is 1.26. The van der Waals surface area contributed by atoms with Crippen molar-refractivity contribution in [2.24, 2.45) is 7.05 Å². The third-order valence-electron chi connectivity index (χ3n) is 4.25. The average molecular weight is 360 g/mol.